The molecule has 44 heavy (non-hydrogen) atoms. The van der Waals surface area contributed by atoms with Gasteiger partial charge in [0, 0.05) is 36.5 Å². The van der Waals surface area contributed by atoms with Crippen LogP contribution in [0.2, 0.25) is 0 Å². The zero-order valence-corrected chi connectivity index (χ0v) is 25.2. The Morgan fingerprint density at radius 1 is 0.955 bits per heavy atom. The fraction of sp³-hybridized carbons (Fsp3) is 0.444. The molecule has 232 valence electrons. The number of esters is 1. The van der Waals surface area contributed by atoms with Crippen molar-refractivity contribution in [2.45, 2.75) is 64.1 Å². The number of benzene rings is 3. The van der Waals surface area contributed by atoms with Gasteiger partial charge in [0.1, 0.15) is 22.9 Å². The van der Waals surface area contributed by atoms with E-state index in [2.05, 4.69) is 22.3 Å². The first kappa shape index (κ1) is 30.3. The lowest BCUT2D eigenvalue weighted by Gasteiger charge is -2.44. The maximum absolute atomic E-state index is 15.0. The third kappa shape index (κ3) is 6.80. The SMILES string of the molecule is COC(=O)c1c(F)cccc1-c1ccc(CNC(=O)C2CC2COc2ccc(CN3CCCC4CCCCC43)cc2)c(F)c1. The molecule has 8 heteroatoms. The van der Waals surface area contributed by atoms with Gasteiger partial charge in [-0.3, -0.25) is 9.69 Å². The van der Waals surface area contributed by atoms with Crippen molar-refractivity contribution in [3.05, 3.63) is 89.0 Å². The molecule has 1 aliphatic heterocycles. The molecular formula is C36H40F2N2O4. The van der Waals surface area contributed by atoms with E-state index in [1.54, 1.807) is 6.07 Å². The lowest BCUT2D eigenvalue weighted by molar-refractivity contribution is -0.122. The monoisotopic (exact) mass is 602 g/mol. The zero-order chi connectivity index (χ0) is 30.6. The van der Waals surface area contributed by atoms with Gasteiger partial charge >= 0.3 is 5.97 Å². The maximum Gasteiger partial charge on any atom is 0.341 e. The number of amides is 1. The van der Waals surface area contributed by atoms with Crippen LogP contribution in [0.3, 0.4) is 0 Å². The number of piperidine rings is 1. The number of fused-ring (bicyclic) bond motifs is 1. The minimum atomic E-state index is -0.833. The van der Waals surface area contributed by atoms with Gasteiger partial charge in [-0.05, 0) is 85.5 Å². The molecule has 1 heterocycles. The van der Waals surface area contributed by atoms with Crippen molar-refractivity contribution in [1.29, 1.82) is 0 Å². The molecular weight excluding hydrogens is 562 g/mol. The van der Waals surface area contributed by atoms with Gasteiger partial charge in [-0.25, -0.2) is 13.6 Å². The second-order valence-corrected chi connectivity index (χ2v) is 12.5. The summed E-state index contributed by atoms with van der Waals surface area (Å²) >= 11 is 0. The van der Waals surface area contributed by atoms with Gasteiger partial charge < -0.3 is 14.8 Å². The van der Waals surface area contributed by atoms with Crippen LogP contribution in [0.5, 0.6) is 5.75 Å². The number of methoxy groups -OCH3 is 1. The van der Waals surface area contributed by atoms with E-state index in [0.717, 1.165) is 36.7 Å². The van der Waals surface area contributed by atoms with Gasteiger partial charge in [0.05, 0.1) is 13.7 Å². The van der Waals surface area contributed by atoms with E-state index in [4.69, 9.17) is 9.47 Å². The molecule has 2 saturated carbocycles. The number of ether oxygens (including phenoxy) is 2. The largest absolute Gasteiger partial charge is 0.493 e. The van der Waals surface area contributed by atoms with E-state index in [-0.39, 0.29) is 35.4 Å². The van der Waals surface area contributed by atoms with Gasteiger partial charge in [0.15, 0.2) is 0 Å². The summed E-state index contributed by atoms with van der Waals surface area (Å²) in [5.41, 5.74) is 1.95. The summed E-state index contributed by atoms with van der Waals surface area (Å²) in [6.07, 6.45) is 8.88. The third-order valence-electron chi connectivity index (χ3n) is 9.61. The number of halogens is 2. The minimum absolute atomic E-state index is 0.0299. The van der Waals surface area contributed by atoms with Crippen molar-refractivity contribution >= 4 is 11.9 Å². The number of nitrogens with one attached hydrogen (secondary N) is 1. The topological polar surface area (TPSA) is 67.9 Å². The van der Waals surface area contributed by atoms with E-state index in [1.165, 1.54) is 82.0 Å². The smallest absolute Gasteiger partial charge is 0.341 e. The molecule has 0 aromatic heterocycles. The Morgan fingerprint density at radius 3 is 2.55 bits per heavy atom. The molecule has 3 aromatic carbocycles. The quantitative estimate of drug-likeness (QED) is 0.256. The van der Waals surface area contributed by atoms with Crippen LogP contribution >= 0.6 is 0 Å². The fourth-order valence-electron chi connectivity index (χ4n) is 7.05. The highest BCUT2D eigenvalue weighted by Gasteiger charge is 2.43. The molecule has 6 rings (SSSR count). The first-order chi connectivity index (χ1) is 21.4. The highest BCUT2D eigenvalue weighted by atomic mass is 19.1. The van der Waals surface area contributed by atoms with E-state index >= 15 is 0 Å². The molecule has 0 bridgehead atoms. The molecule has 1 saturated heterocycles. The van der Waals surface area contributed by atoms with Crippen LogP contribution in [0.15, 0.2) is 60.7 Å². The maximum atomic E-state index is 15.0. The van der Waals surface area contributed by atoms with Crippen molar-refractivity contribution in [2.24, 2.45) is 17.8 Å². The zero-order valence-electron chi connectivity index (χ0n) is 25.2. The van der Waals surface area contributed by atoms with Crippen LogP contribution in [0.25, 0.3) is 11.1 Å². The first-order valence-electron chi connectivity index (χ1n) is 15.8. The molecule has 4 atom stereocenters. The summed E-state index contributed by atoms with van der Waals surface area (Å²) in [5, 5.41) is 2.83. The molecule has 1 N–H and O–H groups in total. The number of rotatable bonds is 10. The number of nitrogens with zero attached hydrogens (tertiary/aromatic N) is 1. The summed E-state index contributed by atoms with van der Waals surface area (Å²) in [7, 11) is 1.17. The lowest BCUT2D eigenvalue weighted by Crippen LogP contribution is -2.46. The van der Waals surface area contributed by atoms with Gasteiger partial charge in [-0.1, -0.05) is 49.2 Å². The number of carbonyl (C=O) groups excluding carboxylic acids is 2. The predicted molar refractivity (Wildman–Crippen MR) is 164 cm³/mol. The van der Waals surface area contributed by atoms with Crippen LogP contribution in [0.1, 0.15) is 66.4 Å². The van der Waals surface area contributed by atoms with Crippen molar-refractivity contribution in [2.75, 3.05) is 20.3 Å². The average Bonchev–Trinajstić information content (AvgIpc) is 3.83. The normalized spacial score (nSPS) is 23.0. The molecule has 1 amide bonds. The second-order valence-electron chi connectivity index (χ2n) is 12.5. The highest BCUT2D eigenvalue weighted by molar-refractivity contribution is 5.97. The van der Waals surface area contributed by atoms with Crippen LogP contribution in [-0.4, -0.2) is 43.1 Å². The Kier molecular flexibility index (Phi) is 9.26. The Morgan fingerprint density at radius 2 is 1.75 bits per heavy atom. The van der Waals surface area contributed by atoms with E-state index < -0.39 is 17.6 Å². The van der Waals surface area contributed by atoms with Crippen LogP contribution in [0, 0.1) is 29.4 Å². The predicted octanol–water partition coefficient (Wildman–Crippen LogP) is 6.90. The van der Waals surface area contributed by atoms with E-state index in [1.807, 2.05) is 12.1 Å². The van der Waals surface area contributed by atoms with Crippen LogP contribution in [0.4, 0.5) is 8.78 Å². The van der Waals surface area contributed by atoms with Crippen molar-refractivity contribution < 1.29 is 27.8 Å². The molecule has 3 aromatic rings. The van der Waals surface area contributed by atoms with Gasteiger partial charge in [-0.15, -0.1) is 0 Å². The lowest BCUT2D eigenvalue weighted by atomic mass is 9.78. The molecule has 4 unspecified atom stereocenters. The van der Waals surface area contributed by atoms with Crippen molar-refractivity contribution in [1.82, 2.24) is 10.2 Å². The fourth-order valence-corrected chi connectivity index (χ4v) is 7.05. The molecule has 2 aliphatic carbocycles. The minimum Gasteiger partial charge on any atom is -0.493 e. The van der Waals surface area contributed by atoms with Crippen LogP contribution in [-0.2, 0) is 22.6 Å². The molecule has 3 fully saturated rings. The first-order valence-corrected chi connectivity index (χ1v) is 15.8. The van der Waals surface area contributed by atoms with E-state index in [9.17, 15) is 18.4 Å². The van der Waals surface area contributed by atoms with Gasteiger partial charge in [0.2, 0.25) is 5.91 Å². The second kappa shape index (κ2) is 13.5. The van der Waals surface area contributed by atoms with Gasteiger partial charge in [0.25, 0.3) is 0 Å². The Bertz CT molecular complexity index is 1490. The molecule has 6 nitrogen and oxygen atoms in total. The molecule has 0 radical (unpaired) electrons. The molecule has 0 spiro atoms. The Balaban J connectivity index is 0.965. The summed E-state index contributed by atoms with van der Waals surface area (Å²) in [6.45, 7) is 2.68. The Hall–Kier alpha value is -3.78. The summed E-state index contributed by atoms with van der Waals surface area (Å²) in [5.74, 6) is -0.602. The number of likely N-dealkylation sites (tertiary alicyclic amines) is 1. The molecule has 3 aliphatic rings. The van der Waals surface area contributed by atoms with Crippen LogP contribution < -0.4 is 10.1 Å². The number of hydrogen-bond donors (Lipinski definition) is 1. The number of carbonyl (C=O) groups is 2. The van der Waals surface area contributed by atoms with Crippen molar-refractivity contribution in [3.8, 4) is 16.9 Å². The summed E-state index contributed by atoms with van der Waals surface area (Å²) in [6, 6.07) is 17.6. The highest BCUT2D eigenvalue weighted by Crippen LogP contribution is 2.39. The average molecular weight is 603 g/mol. The Labute approximate surface area is 257 Å². The standard InChI is InChI=1S/C36H40F2N2O4/c1-43-36(42)34-29(8-4-9-31(34)37)25-13-14-26(32(38)19-25)20-39-35(41)30-18-27(30)22-44-28-15-11-23(12-16-28)21-40-17-5-7-24-6-2-3-10-33(24)40/h4,8-9,11-16,19,24,27,30,33H,2-3,5-7,10,17-18,20-22H2,1H3,(H,39,41). The summed E-state index contributed by atoms with van der Waals surface area (Å²) < 4.78 is 40.0. The van der Waals surface area contributed by atoms with Gasteiger partial charge in [-0.2, -0.15) is 0 Å². The van der Waals surface area contributed by atoms with Crippen molar-refractivity contribution in [3.63, 3.8) is 0 Å². The summed E-state index contributed by atoms with van der Waals surface area (Å²) in [4.78, 5) is 27.5. The number of hydrogen-bond acceptors (Lipinski definition) is 5. The third-order valence-corrected chi connectivity index (χ3v) is 9.61. The van der Waals surface area contributed by atoms with E-state index in [0.29, 0.717) is 17.7 Å².